The maximum atomic E-state index is 5.82. The number of nitrogens with one attached hydrogen (secondary N) is 2. The Morgan fingerprint density at radius 3 is 1.69 bits per heavy atom. The van der Waals surface area contributed by atoms with E-state index in [1.807, 2.05) is 66.7 Å². The van der Waals surface area contributed by atoms with Crippen LogP contribution in [0.5, 0.6) is 0 Å². The Morgan fingerprint density at radius 1 is 0.731 bits per heavy atom. The predicted molar refractivity (Wildman–Crippen MR) is 110 cm³/mol. The van der Waals surface area contributed by atoms with Crippen LogP contribution in [0.3, 0.4) is 0 Å². The topological polar surface area (TPSA) is 74.6 Å². The van der Waals surface area contributed by atoms with Crippen LogP contribution in [-0.4, -0.2) is 22.4 Å². The molecule has 3 rings (SSSR count). The van der Waals surface area contributed by atoms with E-state index in [4.69, 9.17) is 11.8 Å². The van der Waals surface area contributed by atoms with Crippen LogP contribution in [0.1, 0.15) is 11.4 Å². The molecule has 0 radical (unpaired) electrons. The highest BCUT2D eigenvalue weighted by molar-refractivity contribution is 8.16. The first kappa shape index (κ1) is 17.9. The maximum Gasteiger partial charge on any atom is 0.179 e. The van der Waals surface area contributed by atoms with Crippen molar-refractivity contribution in [1.29, 1.82) is 0 Å². The van der Waals surface area contributed by atoms with Crippen LogP contribution < -0.4 is 15.7 Å². The largest absolute Gasteiger partial charge is 0.259 e. The van der Waals surface area contributed by atoms with Gasteiger partial charge in [-0.2, -0.15) is 10.2 Å². The molecule has 0 spiro atoms. The summed E-state index contributed by atoms with van der Waals surface area (Å²) in [7, 11) is 0. The lowest BCUT2D eigenvalue weighted by atomic mass is 10.4. The van der Waals surface area contributed by atoms with Gasteiger partial charge in [0.1, 0.15) is 0 Å². The molecular formula is C18H17N6PS. The second kappa shape index (κ2) is 8.99. The Morgan fingerprint density at radius 2 is 1.23 bits per heavy atom. The molecule has 0 bridgehead atoms. The summed E-state index contributed by atoms with van der Waals surface area (Å²) in [6.07, 6.45) is 4.23. The van der Waals surface area contributed by atoms with Crippen molar-refractivity contribution in [2.45, 2.75) is 0 Å². The number of benzene rings is 1. The zero-order valence-electron chi connectivity index (χ0n) is 13.8. The zero-order valence-corrected chi connectivity index (χ0v) is 15.5. The van der Waals surface area contributed by atoms with E-state index in [2.05, 4.69) is 30.6 Å². The maximum absolute atomic E-state index is 5.82. The van der Waals surface area contributed by atoms with Crippen molar-refractivity contribution >= 4 is 35.9 Å². The Bertz CT molecular complexity index is 861. The van der Waals surface area contributed by atoms with Gasteiger partial charge in [-0.25, -0.2) is 0 Å². The minimum atomic E-state index is -2.46. The van der Waals surface area contributed by atoms with E-state index in [0.29, 0.717) is 0 Å². The average Bonchev–Trinajstić information content (AvgIpc) is 2.70. The molecule has 3 aromatic rings. The molecule has 8 heteroatoms. The Labute approximate surface area is 157 Å². The van der Waals surface area contributed by atoms with Crippen LogP contribution in [0.2, 0.25) is 0 Å². The molecule has 0 saturated heterocycles. The van der Waals surface area contributed by atoms with Crippen LogP contribution in [0.4, 0.5) is 0 Å². The first-order valence-corrected chi connectivity index (χ1v) is 10.6. The van der Waals surface area contributed by atoms with Crippen molar-refractivity contribution in [1.82, 2.24) is 20.4 Å². The van der Waals surface area contributed by atoms with Gasteiger partial charge in [0, 0.05) is 17.7 Å². The predicted octanol–water partition coefficient (Wildman–Crippen LogP) is 2.66. The van der Waals surface area contributed by atoms with E-state index >= 15 is 0 Å². The van der Waals surface area contributed by atoms with Crippen LogP contribution in [0.15, 0.2) is 89.3 Å². The van der Waals surface area contributed by atoms with Crippen LogP contribution >= 0.6 is 6.34 Å². The third kappa shape index (κ3) is 5.05. The molecule has 6 nitrogen and oxygen atoms in total. The summed E-state index contributed by atoms with van der Waals surface area (Å²) in [5.74, 6) is 0. The molecule has 2 aromatic heterocycles. The molecule has 0 atom stereocenters. The Balaban J connectivity index is 1.77. The van der Waals surface area contributed by atoms with Gasteiger partial charge in [-0.3, -0.25) is 20.4 Å². The van der Waals surface area contributed by atoms with E-state index < -0.39 is 6.34 Å². The van der Waals surface area contributed by atoms with Crippen molar-refractivity contribution in [2.75, 3.05) is 0 Å². The van der Waals surface area contributed by atoms with Crippen molar-refractivity contribution in [3.63, 3.8) is 0 Å². The van der Waals surface area contributed by atoms with Crippen molar-refractivity contribution in [3.8, 4) is 0 Å². The van der Waals surface area contributed by atoms with Gasteiger partial charge in [-0.15, -0.1) is 0 Å². The standard InChI is InChI=1S/C18H17N6PS/c26-25(18-10-2-1-3-11-18,23-21-14-16-8-4-6-12-19-16)24-22-15-17-9-5-7-13-20-17/h1-15H,(H2,23,24,26)/b21-14+,22-15+. The SMILES string of the molecule is S=P(N/N=C/c1ccccn1)(N/N=C/c1ccccn1)c1ccccc1. The minimum Gasteiger partial charge on any atom is -0.259 e. The summed E-state index contributed by atoms with van der Waals surface area (Å²) >= 11 is 5.82. The fraction of sp³-hybridized carbons (Fsp3) is 0. The first-order valence-electron chi connectivity index (χ1n) is 7.85. The molecule has 0 aliphatic heterocycles. The molecule has 0 unspecified atom stereocenters. The highest BCUT2D eigenvalue weighted by Crippen LogP contribution is 2.34. The third-order valence-electron chi connectivity index (χ3n) is 3.29. The van der Waals surface area contributed by atoms with Gasteiger partial charge in [-0.1, -0.05) is 42.5 Å². The van der Waals surface area contributed by atoms with Crippen LogP contribution in [0.25, 0.3) is 0 Å². The number of hydrogen-bond acceptors (Lipinski definition) is 5. The Kier molecular flexibility index (Phi) is 6.19. The molecule has 26 heavy (non-hydrogen) atoms. The van der Waals surface area contributed by atoms with E-state index in [9.17, 15) is 0 Å². The summed E-state index contributed by atoms with van der Waals surface area (Å²) in [4.78, 5) is 8.41. The molecule has 1 aromatic carbocycles. The lowest BCUT2D eigenvalue weighted by molar-refractivity contribution is 1.01. The number of pyridine rings is 2. The number of aromatic nitrogens is 2. The van der Waals surface area contributed by atoms with Gasteiger partial charge in [0.25, 0.3) is 0 Å². The number of nitrogens with zero attached hydrogens (tertiary/aromatic N) is 4. The molecule has 0 saturated carbocycles. The molecular weight excluding hydrogens is 363 g/mol. The smallest absolute Gasteiger partial charge is 0.179 e. The molecule has 0 aliphatic rings. The number of hydrogen-bond donors (Lipinski definition) is 2. The molecule has 130 valence electrons. The summed E-state index contributed by atoms with van der Waals surface area (Å²) in [5.41, 5.74) is 1.48. The third-order valence-corrected chi connectivity index (χ3v) is 6.23. The summed E-state index contributed by atoms with van der Waals surface area (Å²) in [6.45, 7) is 0. The van der Waals surface area contributed by atoms with Gasteiger partial charge in [0.2, 0.25) is 0 Å². The quantitative estimate of drug-likeness (QED) is 0.375. The van der Waals surface area contributed by atoms with E-state index in [1.54, 1.807) is 24.8 Å². The zero-order chi connectivity index (χ0) is 18.1. The average molecular weight is 380 g/mol. The fourth-order valence-electron chi connectivity index (χ4n) is 2.03. The van der Waals surface area contributed by atoms with Crippen molar-refractivity contribution in [2.24, 2.45) is 10.2 Å². The molecule has 0 aliphatic carbocycles. The van der Waals surface area contributed by atoms with Crippen LogP contribution in [-0.2, 0) is 11.8 Å². The second-order valence-electron chi connectivity index (χ2n) is 5.17. The fourth-order valence-corrected chi connectivity index (χ4v) is 3.99. The first-order chi connectivity index (χ1) is 12.8. The van der Waals surface area contributed by atoms with E-state index in [0.717, 1.165) is 16.7 Å². The summed E-state index contributed by atoms with van der Waals surface area (Å²) in [6, 6.07) is 21.0. The second-order valence-corrected chi connectivity index (χ2v) is 8.95. The lowest BCUT2D eigenvalue weighted by Gasteiger charge is -2.20. The summed E-state index contributed by atoms with van der Waals surface area (Å²) < 4.78 is 0. The summed E-state index contributed by atoms with van der Waals surface area (Å²) in [5, 5.41) is 15.6. The van der Waals surface area contributed by atoms with Gasteiger partial charge in [-0.05, 0) is 36.1 Å². The number of hydrazone groups is 2. The molecule has 0 fully saturated rings. The van der Waals surface area contributed by atoms with Gasteiger partial charge < -0.3 is 0 Å². The molecule has 2 N–H and O–H groups in total. The highest BCUT2D eigenvalue weighted by atomic mass is 32.4. The van der Waals surface area contributed by atoms with E-state index in [-0.39, 0.29) is 0 Å². The van der Waals surface area contributed by atoms with Gasteiger partial charge in [0.05, 0.1) is 23.8 Å². The molecule has 0 amide bonds. The van der Waals surface area contributed by atoms with E-state index in [1.165, 1.54) is 0 Å². The number of rotatable bonds is 7. The monoisotopic (exact) mass is 380 g/mol. The lowest BCUT2D eigenvalue weighted by Crippen LogP contribution is -2.24. The van der Waals surface area contributed by atoms with Gasteiger partial charge >= 0.3 is 0 Å². The minimum absolute atomic E-state index is 0.742. The van der Waals surface area contributed by atoms with Crippen molar-refractivity contribution in [3.05, 3.63) is 90.5 Å². The van der Waals surface area contributed by atoms with Crippen molar-refractivity contribution < 1.29 is 0 Å². The Hall–Kier alpha value is -2.89. The highest BCUT2D eigenvalue weighted by Gasteiger charge is 2.17. The van der Waals surface area contributed by atoms with Gasteiger partial charge in [0.15, 0.2) is 6.34 Å². The van der Waals surface area contributed by atoms with Crippen LogP contribution in [0, 0.1) is 0 Å². The normalized spacial score (nSPS) is 11.7. The molecule has 2 heterocycles.